The van der Waals surface area contributed by atoms with E-state index < -0.39 is 15.8 Å². The van der Waals surface area contributed by atoms with Crippen LogP contribution in [0.1, 0.15) is 16.7 Å². The van der Waals surface area contributed by atoms with Crippen molar-refractivity contribution in [3.63, 3.8) is 0 Å². The third kappa shape index (κ3) is 9.85. The maximum absolute atomic E-state index is 7.09. The van der Waals surface area contributed by atoms with Crippen molar-refractivity contribution in [2.24, 2.45) is 0 Å². The van der Waals surface area contributed by atoms with Gasteiger partial charge in [0, 0.05) is 33.4 Å². The van der Waals surface area contributed by atoms with Crippen molar-refractivity contribution in [1.82, 2.24) is 0 Å². The Balaban J connectivity index is 0.000000409. The Labute approximate surface area is 274 Å². The molecule has 0 spiro atoms. The van der Waals surface area contributed by atoms with Gasteiger partial charge in [0.25, 0.3) is 0 Å². The van der Waals surface area contributed by atoms with E-state index in [0.29, 0.717) is 5.69 Å². The van der Waals surface area contributed by atoms with Crippen molar-refractivity contribution >= 4 is 42.7 Å². The normalized spacial score (nSPS) is 10.5. The van der Waals surface area contributed by atoms with Crippen LogP contribution in [0, 0.1) is 6.92 Å². The maximum atomic E-state index is 7.09. The Kier molecular flexibility index (Phi) is 12.9. The standard InChI is InChI=1S/C32H28P2.C7H8N.Pt/c1-5-16-29(17-6-1)33(30-18-7-2-8-19-30)25-27-14-13-15-28(24-27)26-34(31-20-9-3-10-21-31)32-22-11-4-12-23-32;1-6-2-4-7(8)5-3-6;/h1-24H,25-26H2;2-5,8H,1H3;/q;-1;. The predicted octanol–water partition coefficient (Wildman–Crippen LogP) is 9.63. The number of aryl methyl sites for hydroxylation is 1. The molecule has 0 aromatic heterocycles. The van der Waals surface area contributed by atoms with Crippen LogP contribution in [0.5, 0.6) is 0 Å². The molecular weight excluding hydrogens is 739 g/mol. The maximum Gasteiger partial charge on any atom is 0.000753 e. The molecule has 1 nitrogen and oxygen atoms in total. The average molecular weight is 776 g/mol. The van der Waals surface area contributed by atoms with E-state index in [1.165, 1.54) is 37.9 Å². The molecule has 6 aromatic rings. The summed E-state index contributed by atoms with van der Waals surface area (Å²) in [5.74, 6) is 0. The molecule has 43 heavy (non-hydrogen) atoms. The van der Waals surface area contributed by atoms with E-state index in [1.54, 1.807) is 12.1 Å². The summed E-state index contributed by atoms with van der Waals surface area (Å²) in [6, 6.07) is 60.8. The summed E-state index contributed by atoms with van der Waals surface area (Å²) in [6.45, 7) is 2.01. The number of hydrogen-bond acceptors (Lipinski definition) is 0. The summed E-state index contributed by atoms with van der Waals surface area (Å²) in [4.78, 5) is 0. The molecule has 0 amide bonds. The second-order valence-electron chi connectivity index (χ2n) is 10.2. The van der Waals surface area contributed by atoms with Crippen molar-refractivity contribution in [2.75, 3.05) is 0 Å². The van der Waals surface area contributed by atoms with Gasteiger partial charge < -0.3 is 5.73 Å². The van der Waals surface area contributed by atoms with Gasteiger partial charge in [-0.15, -0.1) is 5.69 Å². The average Bonchev–Trinajstić information content (AvgIpc) is 3.06. The molecule has 0 atom stereocenters. The second kappa shape index (κ2) is 17.1. The Morgan fingerprint density at radius 1 is 0.419 bits per heavy atom. The largest absolute Gasteiger partial charge is 0.699 e. The molecule has 0 saturated carbocycles. The van der Waals surface area contributed by atoms with Gasteiger partial charge >= 0.3 is 0 Å². The first-order chi connectivity index (χ1) is 20.7. The van der Waals surface area contributed by atoms with E-state index in [2.05, 4.69) is 146 Å². The summed E-state index contributed by atoms with van der Waals surface area (Å²) in [6.07, 6.45) is 2.12. The van der Waals surface area contributed by atoms with E-state index in [1.807, 2.05) is 19.1 Å². The van der Waals surface area contributed by atoms with Crippen molar-refractivity contribution in [2.45, 2.75) is 19.2 Å². The van der Waals surface area contributed by atoms with Crippen molar-refractivity contribution in [3.05, 3.63) is 192 Å². The Bertz CT molecular complexity index is 1430. The van der Waals surface area contributed by atoms with Crippen LogP contribution < -0.4 is 21.2 Å². The van der Waals surface area contributed by atoms with E-state index in [9.17, 15) is 0 Å². The van der Waals surface area contributed by atoms with Crippen LogP contribution in [-0.4, -0.2) is 0 Å². The molecule has 0 unspecified atom stereocenters. The fourth-order valence-corrected chi connectivity index (χ4v) is 9.42. The molecule has 1 N–H and O–H groups in total. The summed E-state index contributed by atoms with van der Waals surface area (Å²) < 4.78 is 0. The molecule has 0 aliphatic rings. The minimum atomic E-state index is -0.442. The molecule has 0 aliphatic heterocycles. The zero-order valence-electron chi connectivity index (χ0n) is 24.3. The Hall–Kier alpha value is -3.33. The zero-order valence-corrected chi connectivity index (χ0v) is 28.4. The molecule has 0 radical (unpaired) electrons. The molecule has 6 rings (SSSR count). The topological polar surface area (TPSA) is 23.8 Å². The van der Waals surface area contributed by atoms with Crippen molar-refractivity contribution in [3.8, 4) is 0 Å². The van der Waals surface area contributed by atoms with Gasteiger partial charge in [-0.1, -0.05) is 175 Å². The van der Waals surface area contributed by atoms with Crippen LogP contribution in [0.15, 0.2) is 170 Å². The van der Waals surface area contributed by atoms with Crippen LogP contribution in [0.3, 0.4) is 0 Å². The fourth-order valence-electron chi connectivity index (χ4n) is 4.84. The first kappa shape index (κ1) is 32.6. The monoisotopic (exact) mass is 775 g/mol. The minimum Gasteiger partial charge on any atom is -0.699 e. The number of nitrogens with one attached hydrogen (secondary N) is 1. The fraction of sp³-hybridized carbons (Fsp3) is 0.0769. The van der Waals surface area contributed by atoms with Crippen LogP contribution in [0.25, 0.3) is 5.73 Å². The van der Waals surface area contributed by atoms with Crippen molar-refractivity contribution in [1.29, 1.82) is 0 Å². The molecular formula is C39H36NP2Pt-. The van der Waals surface area contributed by atoms with E-state index in [0.717, 1.165) is 12.3 Å². The van der Waals surface area contributed by atoms with Gasteiger partial charge in [0.2, 0.25) is 0 Å². The summed E-state index contributed by atoms with van der Waals surface area (Å²) >= 11 is 0. The van der Waals surface area contributed by atoms with E-state index >= 15 is 0 Å². The van der Waals surface area contributed by atoms with Gasteiger partial charge in [-0.2, -0.15) is 0 Å². The molecule has 0 heterocycles. The van der Waals surface area contributed by atoms with Gasteiger partial charge in [-0.05, 0) is 55.1 Å². The Morgan fingerprint density at radius 2 is 0.744 bits per heavy atom. The minimum absolute atomic E-state index is 0. The molecule has 0 aliphatic carbocycles. The van der Waals surface area contributed by atoms with Crippen LogP contribution in [-0.2, 0) is 33.4 Å². The molecule has 4 heteroatoms. The summed E-state index contributed by atoms with van der Waals surface area (Å²) in [5.41, 5.74) is 11.7. The van der Waals surface area contributed by atoms with Gasteiger partial charge in [0.1, 0.15) is 0 Å². The SMILES string of the molecule is Cc1ccc([NH-])cc1.[Pt].c1ccc(P(Cc2cccc(CP(c3ccccc3)c3ccccc3)c2)c2ccccc2)cc1. The smallest absolute Gasteiger partial charge is 0.000753 e. The number of benzene rings is 6. The quantitative estimate of drug-likeness (QED) is 0.138. The number of rotatable bonds is 8. The zero-order chi connectivity index (χ0) is 29.0. The third-order valence-corrected chi connectivity index (χ3v) is 12.0. The van der Waals surface area contributed by atoms with Gasteiger partial charge in [-0.3, -0.25) is 0 Å². The van der Waals surface area contributed by atoms with Crippen LogP contribution in [0.4, 0.5) is 5.69 Å². The first-order valence-electron chi connectivity index (χ1n) is 14.3. The first-order valence-corrected chi connectivity index (χ1v) is 17.3. The number of hydrogen-bond donors (Lipinski definition) is 0. The summed E-state index contributed by atoms with van der Waals surface area (Å²) in [7, 11) is -0.884. The molecule has 0 bridgehead atoms. The third-order valence-electron chi connectivity index (χ3n) is 7.00. The molecule has 218 valence electrons. The molecule has 6 aromatic carbocycles. The second-order valence-corrected chi connectivity index (χ2v) is 14.6. The molecule has 0 fully saturated rings. The van der Waals surface area contributed by atoms with E-state index in [4.69, 9.17) is 5.73 Å². The van der Waals surface area contributed by atoms with Gasteiger partial charge in [-0.25, -0.2) is 0 Å². The Morgan fingerprint density at radius 3 is 1.05 bits per heavy atom. The summed E-state index contributed by atoms with van der Waals surface area (Å²) in [5, 5.41) is 5.74. The van der Waals surface area contributed by atoms with Gasteiger partial charge in [0.15, 0.2) is 0 Å². The van der Waals surface area contributed by atoms with Crippen molar-refractivity contribution < 1.29 is 21.1 Å². The van der Waals surface area contributed by atoms with Gasteiger partial charge in [0.05, 0.1) is 0 Å². The predicted molar refractivity (Wildman–Crippen MR) is 187 cm³/mol. The molecule has 0 saturated heterocycles. The van der Waals surface area contributed by atoms with E-state index in [-0.39, 0.29) is 21.1 Å². The van der Waals surface area contributed by atoms with Crippen LogP contribution in [0.2, 0.25) is 0 Å². The van der Waals surface area contributed by atoms with Crippen LogP contribution >= 0.6 is 15.8 Å².